The summed E-state index contributed by atoms with van der Waals surface area (Å²) in [6, 6.07) is 4.92. The molecule has 0 bridgehead atoms. The van der Waals surface area contributed by atoms with Crippen molar-refractivity contribution in [3.63, 3.8) is 0 Å². The molecule has 1 spiro atoms. The van der Waals surface area contributed by atoms with Crippen LogP contribution in [0, 0.1) is 11.2 Å². The molecule has 0 N–H and O–H groups in total. The predicted octanol–water partition coefficient (Wildman–Crippen LogP) is 0.847. The zero-order valence-corrected chi connectivity index (χ0v) is 9.91. The summed E-state index contributed by atoms with van der Waals surface area (Å²) in [7, 11) is -3.46. The van der Waals surface area contributed by atoms with Gasteiger partial charge >= 0.3 is 0 Å². The molecule has 1 aromatic rings. The molecule has 17 heavy (non-hydrogen) atoms. The van der Waals surface area contributed by atoms with Crippen molar-refractivity contribution in [1.29, 1.82) is 0 Å². The monoisotopic (exact) mass is 257 g/mol. The van der Waals surface area contributed by atoms with Crippen LogP contribution < -0.4 is 0 Å². The average Bonchev–Trinajstić information content (AvgIpc) is 2.13. The minimum absolute atomic E-state index is 0.0487. The number of hydrogen-bond acceptors (Lipinski definition) is 3. The summed E-state index contributed by atoms with van der Waals surface area (Å²) in [4.78, 5) is 0.147. The van der Waals surface area contributed by atoms with Crippen molar-refractivity contribution in [1.82, 2.24) is 4.31 Å². The van der Waals surface area contributed by atoms with Gasteiger partial charge in [-0.1, -0.05) is 0 Å². The Morgan fingerprint density at radius 3 is 2.24 bits per heavy atom. The highest BCUT2D eigenvalue weighted by molar-refractivity contribution is 7.89. The number of sulfonamides is 1. The first-order valence-corrected chi connectivity index (χ1v) is 6.79. The summed E-state index contributed by atoms with van der Waals surface area (Å²) >= 11 is 0. The Kier molecular flexibility index (Phi) is 2.30. The van der Waals surface area contributed by atoms with Gasteiger partial charge in [0.2, 0.25) is 10.0 Å². The Morgan fingerprint density at radius 1 is 1.18 bits per heavy atom. The van der Waals surface area contributed by atoms with Crippen LogP contribution in [0.4, 0.5) is 4.39 Å². The Hall–Kier alpha value is -0.980. The van der Waals surface area contributed by atoms with E-state index < -0.39 is 15.8 Å². The molecule has 2 aliphatic heterocycles. The fourth-order valence-electron chi connectivity index (χ4n) is 2.20. The second-order valence-corrected chi connectivity index (χ2v) is 6.66. The molecular formula is C11H12FNO3S. The van der Waals surface area contributed by atoms with Crippen LogP contribution in [0.15, 0.2) is 29.2 Å². The fraction of sp³-hybridized carbons (Fsp3) is 0.455. The highest BCUT2D eigenvalue weighted by Gasteiger charge is 2.53. The molecule has 0 aliphatic carbocycles. The second-order valence-electron chi connectivity index (χ2n) is 4.72. The van der Waals surface area contributed by atoms with Crippen LogP contribution in [0.3, 0.4) is 0 Å². The molecule has 1 aromatic carbocycles. The molecule has 2 saturated heterocycles. The van der Waals surface area contributed by atoms with Gasteiger partial charge in [-0.05, 0) is 24.3 Å². The smallest absolute Gasteiger partial charge is 0.243 e. The lowest BCUT2D eigenvalue weighted by atomic mass is 9.80. The van der Waals surface area contributed by atoms with E-state index >= 15 is 0 Å². The third-order valence-corrected chi connectivity index (χ3v) is 5.10. The van der Waals surface area contributed by atoms with E-state index in [0.717, 1.165) is 12.1 Å². The summed E-state index contributed by atoms with van der Waals surface area (Å²) in [5, 5.41) is 0. The minimum atomic E-state index is -3.46. The lowest BCUT2D eigenvalue weighted by molar-refractivity contribution is -0.166. The van der Waals surface area contributed by atoms with E-state index in [-0.39, 0.29) is 10.3 Å². The van der Waals surface area contributed by atoms with E-state index in [1.165, 1.54) is 16.4 Å². The largest absolute Gasteiger partial charge is 0.380 e. The Labute approximate surface area is 99.0 Å². The van der Waals surface area contributed by atoms with Gasteiger partial charge in [0.25, 0.3) is 0 Å². The molecule has 2 aliphatic rings. The Balaban J connectivity index is 1.80. The molecule has 3 rings (SSSR count). The van der Waals surface area contributed by atoms with E-state index in [1.807, 2.05) is 0 Å². The van der Waals surface area contributed by atoms with Gasteiger partial charge in [0.15, 0.2) is 0 Å². The highest BCUT2D eigenvalue weighted by Crippen LogP contribution is 2.40. The number of nitrogens with zero attached hydrogens (tertiary/aromatic N) is 1. The Bertz CT molecular complexity index is 528. The summed E-state index contributed by atoms with van der Waals surface area (Å²) in [5.74, 6) is -0.434. The molecule has 2 fully saturated rings. The van der Waals surface area contributed by atoms with E-state index in [2.05, 4.69) is 0 Å². The fourth-order valence-corrected chi connectivity index (χ4v) is 3.87. The van der Waals surface area contributed by atoms with Gasteiger partial charge in [-0.2, -0.15) is 4.31 Å². The minimum Gasteiger partial charge on any atom is -0.380 e. The van der Waals surface area contributed by atoms with Crippen LogP contribution in [-0.2, 0) is 14.8 Å². The highest BCUT2D eigenvalue weighted by atomic mass is 32.2. The van der Waals surface area contributed by atoms with Gasteiger partial charge in [0.1, 0.15) is 5.82 Å². The number of ether oxygens (including phenoxy) is 1. The molecule has 4 nitrogen and oxygen atoms in total. The molecule has 0 atom stereocenters. The van der Waals surface area contributed by atoms with Gasteiger partial charge in [0.05, 0.1) is 18.1 Å². The Morgan fingerprint density at radius 2 is 1.76 bits per heavy atom. The molecule has 92 valence electrons. The molecule has 0 radical (unpaired) electrons. The van der Waals surface area contributed by atoms with Crippen molar-refractivity contribution < 1.29 is 17.5 Å². The molecule has 0 saturated carbocycles. The molecule has 6 heteroatoms. The maximum atomic E-state index is 12.7. The van der Waals surface area contributed by atoms with Gasteiger partial charge in [-0.3, -0.25) is 0 Å². The van der Waals surface area contributed by atoms with Crippen LogP contribution >= 0.6 is 0 Å². The number of hydrogen-bond donors (Lipinski definition) is 0. The molecule has 2 heterocycles. The topological polar surface area (TPSA) is 46.6 Å². The molecule has 0 amide bonds. The van der Waals surface area contributed by atoms with Crippen molar-refractivity contribution in [3.8, 4) is 0 Å². The first-order valence-electron chi connectivity index (χ1n) is 5.35. The standard InChI is InChI=1S/C11H12FNO3S/c12-9-1-3-10(4-2-9)17(14,15)13-5-11(6-13)7-16-8-11/h1-4H,5-8H2. The summed E-state index contributed by atoms with van der Waals surface area (Å²) in [6.45, 7) is 2.30. The number of halogens is 1. The molecular weight excluding hydrogens is 245 g/mol. The van der Waals surface area contributed by atoms with E-state index in [9.17, 15) is 12.8 Å². The van der Waals surface area contributed by atoms with Crippen molar-refractivity contribution in [2.24, 2.45) is 5.41 Å². The molecule has 0 aromatic heterocycles. The van der Waals surface area contributed by atoms with Crippen LogP contribution in [-0.4, -0.2) is 39.0 Å². The van der Waals surface area contributed by atoms with E-state index in [0.29, 0.717) is 26.3 Å². The second kappa shape index (κ2) is 3.51. The maximum absolute atomic E-state index is 12.7. The van der Waals surface area contributed by atoms with Crippen molar-refractivity contribution in [3.05, 3.63) is 30.1 Å². The number of benzene rings is 1. The first kappa shape index (κ1) is 11.1. The van der Waals surface area contributed by atoms with Crippen LogP contribution in [0.1, 0.15) is 0 Å². The third-order valence-electron chi connectivity index (χ3n) is 3.29. The normalized spacial score (nSPS) is 23.1. The summed E-state index contributed by atoms with van der Waals surface area (Å²) in [5.41, 5.74) is 0.0487. The van der Waals surface area contributed by atoms with Crippen LogP contribution in [0.25, 0.3) is 0 Å². The third kappa shape index (κ3) is 1.67. The lowest BCUT2D eigenvalue weighted by Crippen LogP contribution is -2.66. The first-order chi connectivity index (χ1) is 8.02. The summed E-state index contributed by atoms with van der Waals surface area (Å²) in [6.07, 6.45) is 0. The van der Waals surface area contributed by atoms with Crippen molar-refractivity contribution in [2.45, 2.75) is 4.90 Å². The zero-order valence-electron chi connectivity index (χ0n) is 9.10. The van der Waals surface area contributed by atoms with E-state index in [1.54, 1.807) is 0 Å². The van der Waals surface area contributed by atoms with Gasteiger partial charge in [0, 0.05) is 18.5 Å². The van der Waals surface area contributed by atoms with Gasteiger partial charge < -0.3 is 4.74 Å². The lowest BCUT2D eigenvalue weighted by Gasteiger charge is -2.53. The quantitative estimate of drug-likeness (QED) is 0.789. The van der Waals surface area contributed by atoms with Crippen LogP contribution in [0.2, 0.25) is 0 Å². The predicted molar refractivity (Wildman–Crippen MR) is 58.4 cm³/mol. The van der Waals surface area contributed by atoms with Gasteiger partial charge in [-0.25, -0.2) is 12.8 Å². The zero-order chi connectivity index (χ0) is 12.1. The summed E-state index contributed by atoms with van der Waals surface area (Å²) < 4.78 is 43.5. The SMILES string of the molecule is O=S(=O)(c1ccc(F)cc1)N1CC2(COC2)C1. The van der Waals surface area contributed by atoms with Crippen molar-refractivity contribution in [2.75, 3.05) is 26.3 Å². The van der Waals surface area contributed by atoms with Crippen molar-refractivity contribution >= 4 is 10.0 Å². The molecule has 0 unspecified atom stereocenters. The van der Waals surface area contributed by atoms with E-state index in [4.69, 9.17) is 4.74 Å². The van der Waals surface area contributed by atoms with Crippen LogP contribution in [0.5, 0.6) is 0 Å². The maximum Gasteiger partial charge on any atom is 0.243 e. The average molecular weight is 257 g/mol. The van der Waals surface area contributed by atoms with Gasteiger partial charge in [-0.15, -0.1) is 0 Å². The number of rotatable bonds is 2.